The molecule has 0 radical (unpaired) electrons. The molecule has 0 bridgehead atoms. The van der Waals surface area contributed by atoms with Gasteiger partial charge in [-0.1, -0.05) is 19.1 Å². The topological polar surface area (TPSA) is 30.5 Å². The first-order valence-electron chi connectivity index (χ1n) is 8.19. The van der Waals surface area contributed by atoms with Crippen molar-refractivity contribution in [3.8, 4) is 5.75 Å². The molecule has 3 heteroatoms. The van der Waals surface area contributed by atoms with Crippen LogP contribution in [0.15, 0.2) is 24.3 Å². The second-order valence-corrected chi connectivity index (χ2v) is 6.39. The lowest BCUT2D eigenvalue weighted by molar-refractivity contribution is -0.0124. The summed E-state index contributed by atoms with van der Waals surface area (Å²) in [6, 6.07) is 8.70. The van der Waals surface area contributed by atoms with E-state index in [9.17, 15) is 0 Å². The van der Waals surface area contributed by atoms with Gasteiger partial charge in [-0.15, -0.1) is 0 Å². The molecule has 0 aromatic heterocycles. The maximum absolute atomic E-state index is 6.06. The first kappa shape index (κ1) is 16.3. The van der Waals surface area contributed by atoms with Crippen molar-refractivity contribution in [2.24, 2.45) is 0 Å². The average molecular weight is 291 g/mol. The van der Waals surface area contributed by atoms with Crippen LogP contribution in [0.4, 0.5) is 0 Å². The Kier molecular flexibility index (Phi) is 5.65. The zero-order chi connectivity index (χ0) is 15.3. The van der Waals surface area contributed by atoms with Crippen LogP contribution in [0.1, 0.15) is 58.6 Å². The van der Waals surface area contributed by atoms with E-state index in [0.29, 0.717) is 0 Å². The molecule has 2 rings (SSSR count). The lowest BCUT2D eigenvalue weighted by Crippen LogP contribution is -2.41. The molecule has 1 aromatic rings. The molecule has 0 saturated carbocycles. The molecule has 118 valence electrons. The molecule has 21 heavy (non-hydrogen) atoms. The molecule has 0 aliphatic carbocycles. The summed E-state index contributed by atoms with van der Waals surface area (Å²) >= 11 is 0. The molecule has 0 spiro atoms. The van der Waals surface area contributed by atoms with Crippen LogP contribution in [0.2, 0.25) is 0 Å². The lowest BCUT2D eigenvalue weighted by atomic mass is 9.87. The fraction of sp³-hybridized carbons (Fsp3) is 0.667. The first-order valence-corrected chi connectivity index (χ1v) is 8.19. The Labute approximate surface area is 129 Å². The Bertz CT molecular complexity index is 421. The Balaban J connectivity index is 2.16. The van der Waals surface area contributed by atoms with E-state index in [-0.39, 0.29) is 17.7 Å². The Morgan fingerprint density at radius 3 is 2.52 bits per heavy atom. The highest BCUT2D eigenvalue weighted by Crippen LogP contribution is 2.37. The first-order chi connectivity index (χ1) is 10.0. The van der Waals surface area contributed by atoms with Crippen LogP contribution in [0.5, 0.6) is 5.75 Å². The van der Waals surface area contributed by atoms with E-state index in [1.807, 2.05) is 13.8 Å². The third-order valence-electron chi connectivity index (χ3n) is 4.04. The van der Waals surface area contributed by atoms with Gasteiger partial charge in [-0.05, 0) is 64.3 Å². The highest BCUT2D eigenvalue weighted by molar-refractivity contribution is 5.31. The molecule has 1 aliphatic rings. The molecule has 1 heterocycles. The van der Waals surface area contributed by atoms with E-state index in [2.05, 4.69) is 43.4 Å². The van der Waals surface area contributed by atoms with E-state index >= 15 is 0 Å². The molecule has 2 unspecified atom stereocenters. The van der Waals surface area contributed by atoms with Crippen molar-refractivity contribution in [2.45, 2.75) is 64.7 Å². The van der Waals surface area contributed by atoms with Gasteiger partial charge in [0.2, 0.25) is 0 Å². The minimum absolute atomic E-state index is 0.102. The average Bonchev–Trinajstić information content (AvgIpc) is 2.88. The largest absolute Gasteiger partial charge is 0.491 e. The molecule has 1 aromatic carbocycles. The summed E-state index contributed by atoms with van der Waals surface area (Å²) in [6.07, 6.45) is 3.59. The van der Waals surface area contributed by atoms with Gasteiger partial charge in [-0.3, -0.25) is 0 Å². The zero-order valence-corrected chi connectivity index (χ0v) is 13.8. The summed E-state index contributed by atoms with van der Waals surface area (Å²) < 4.78 is 11.8. The van der Waals surface area contributed by atoms with Crippen molar-refractivity contribution >= 4 is 0 Å². The van der Waals surface area contributed by atoms with Crippen molar-refractivity contribution in [3.63, 3.8) is 0 Å². The number of ether oxygens (including phenoxy) is 2. The Morgan fingerprint density at radius 2 is 2.00 bits per heavy atom. The predicted octanol–water partition coefficient (Wildman–Crippen LogP) is 4.08. The minimum atomic E-state index is -0.102. The van der Waals surface area contributed by atoms with Crippen LogP contribution in [-0.2, 0) is 4.74 Å². The number of hydrogen-bond donors (Lipinski definition) is 1. The maximum Gasteiger partial charge on any atom is 0.119 e. The molecule has 0 amide bonds. The van der Waals surface area contributed by atoms with Crippen LogP contribution >= 0.6 is 0 Å². The fourth-order valence-corrected chi connectivity index (χ4v) is 3.01. The van der Waals surface area contributed by atoms with Gasteiger partial charge in [0.25, 0.3) is 0 Å². The van der Waals surface area contributed by atoms with E-state index in [1.165, 1.54) is 5.56 Å². The van der Waals surface area contributed by atoms with Gasteiger partial charge in [-0.25, -0.2) is 0 Å². The van der Waals surface area contributed by atoms with E-state index in [0.717, 1.165) is 38.2 Å². The molecular weight excluding hydrogens is 262 g/mol. The quantitative estimate of drug-likeness (QED) is 0.821. The normalized spacial score (nSPS) is 23.5. The third-order valence-corrected chi connectivity index (χ3v) is 4.04. The van der Waals surface area contributed by atoms with Crippen LogP contribution < -0.4 is 10.1 Å². The van der Waals surface area contributed by atoms with Gasteiger partial charge >= 0.3 is 0 Å². The summed E-state index contributed by atoms with van der Waals surface area (Å²) in [6.45, 7) is 10.4. The van der Waals surface area contributed by atoms with E-state index < -0.39 is 0 Å². The summed E-state index contributed by atoms with van der Waals surface area (Å²) in [7, 11) is 0. The Hall–Kier alpha value is -1.06. The molecule has 2 atom stereocenters. The fourth-order valence-electron chi connectivity index (χ4n) is 3.01. The second-order valence-electron chi connectivity index (χ2n) is 6.39. The van der Waals surface area contributed by atoms with E-state index in [4.69, 9.17) is 9.47 Å². The van der Waals surface area contributed by atoms with Gasteiger partial charge < -0.3 is 14.8 Å². The minimum Gasteiger partial charge on any atom is -0.491 e. The van der Waals surface area contributed by atoms with Crippen molar-refractivity contribution in [2.75, 3.05) is 13.2 Å². The highest BCUT2D eigenvalue weighted by atomic mass is 16.5. The predicted molar refractivity (Wildman–Crippen MR) is 86.8 cm³/mol. The summed E-state index contributed by atoms with van der Waals surface area (Å²) in [5, 5.41) is 3.66. The molecule has 1 N–H and O–H groups in total. The number of benzene rings is 1. The van der Waals surface area contributed by atoms with Gasteiger partial charge in [0.05, 0.1) is 17.7 Å². The van der Waals surface area contributed by atoms with Crippen molar-refractivity contribution in [3.05, 3.63) is 29.8 Å². The number of hydrogen-bond acceptors (Lipinski definition) is 3. The van der Waals surface area contributed by atoms with E-state index in [1.54, 1.807) is 0 Å². The van der Waals surface area contributed by atoms with Crippen LogP contribution in [0.25, 0.3) is 0 Å². The molecular formula is C18H29NO2. The molecule has 3 nitrogen and oxygen atoms in total. The monoisotopic (exact) mass is 291 g/mol. The summed E-state index contributed by atoms with van der Waals surface area (Å²) in [4.78, 5) is 0. The van der Waals surface area contributed by atoms with Crippen molar-refractivity contribution in [1.82, 2.24) is 5.32 Å². The summed E-state index contributed by atoms with van der Waals surface area (Å²) in [5.74, 6) is 0.931. The maximum atomic E-state index is 6.06. The van der Waals surface area contributed by atoms with Gasteiger partial charge in [-0.2, -0.15) is 0 Å². The standard InChI is InChI=1S/C18H29NO2/c1-5-12-19-17(18(4)11-6-13-20-18)15-7-9-16(10-8-15)21-14(2)3/h7-10,14,17,19H,5-6,11-13H2,1-4H3. The number of nitrogens with one attached hydrogen (secondary N) is 1. The van der Waals surface area contributed by atoms with Crippen molar-refractivity contribution < 1.29 is 9.47 Å². The van der Waals surface area contributed by atoms with Crippen LogP contribution in [-0.4, -0.2) is 24.9 Å². The highest BCUT2D eigenvalue weighted by Gasteiger charge is 2.38. The van der Waals surface area contributed by atoms with Crippen molar-refractivity contribution in [1.29, 1.82) is 0 Å². The van der Waals surface area contributed by atoms with Crippen LogP contribution in [0, 0.1) is 0 Å². The third kappa shape index (κ3) is 4.21. The SMILES string of the molecule is CCCNC(c1ccc(OC(C)C)cc1)C1(C)CCCO1. The number of rotatable bonds is 7. The molecule has 1 aliphatic heterocycles. The summed E-state index contributed by atoms with van der Waals surface area (Å²) in [5.41, 5.74) is 1.18. The smallest absolute Gasteiger partial charge is 0.119 e. The molecule has 1 fully saturated rings. The molecule has 1 saturated heterocycles. The van der Waals surface area contributed by atoms with Crippen LogP contribution in [0.3, 0.4) is 0 Å². The van der Waals surface area contributed by atoms with Gasteiger partial charge in [0, 0.05) is 6.61 Å². The van der Waals surface area contributed by atoms with Gasteiger partial charge in [0.1, 0.15) is 5.75 Å². The second kappa shape index (κ2) is 7.28. The zero-order valence-electron chi connectivity index (χ0n) is 13.8. The van der Waals surface area contributed by atoms with Gasteiger partial charge in [0.15, 0.2) is 0 Å². The lowest BCUT2D eigenvalue weighted by Gasteiger charge is -2.34. The Morgan fingerprint density at radius 1 is 1.29 bits per heavy atom.